The van der Waals surface area contributed by atoms with Gasteiger partial charge in [-0.25, -0.2) is 4.79 Å². The summed E-state index contributed by atoms with van der Waals surface area (Å²) >= 11 is 0. The highest BCUT2D eigenvalue weighted by molar-refractivity contribution is 6.01. The normalized spacial score (nSPS) is 16.0. The SMILES string of the molecule is COC(=O)c1cc2c3c(ccc2cc1OC)CC(c1ccccc1)(c1ccc(OCCOCCOCCO)cc1)CO3. The van der Waals surface area contributed by atoms with Crippen LogP contribution in [0.5, 0.6) is 17.2 Å². The van der Waals surface area contributed by atoms with E-state index in [2.05, 4.69) is 30.3 Å². The lowest BCUT2D eigenvalue weighted by Crippen LogP contribution is -2.40. The summed E-state index contributed by atoms with van der Waals surface area (Å²) in [6.07, 6.45) is 0.717. The summed E-state index contributed by atoms with van der Waals surface area (Å²) in [6, 6.07) is 26.3. The first-order valence-electron chi connectivity index (χ1n) is 14.0. The predicted octanol–water partition coefficient (Wildman–Crippen LogP) is 4.96. The molecule has 42 heavy (non-hydrogen) atoms. The van der Waals surface area contributed by atoms with Gasteiger partial charge in [-0.15, -0.1) is 0 Å². The third kappa shape index (κ3) is 6.21. The first-order valence-corrected chi connectivity index (χ1v) is 14.0. The van der Waals surface area contributed by atoms with Gasteiger partial charge in [0.05, 0.1) is 52.7 Å². The number of hydrogen-bond acceptors (Lipinski definition) is 8. The Morgan fingerprint density at radius 2 is 1.57 bits per heavy atom. The maximum Gasteiger partial charge on any atom is 0.341 e. The van der Waals surface area contributed by atoms with Crippen LogP contribution in [0, 0.1) is 0 Å². The van der Waals surface area contributed by atoms with Crippen LogP contribution in [0.25, 0.3) is 10.8 Å². The van der Waals surface area contributed by atoms with Crippen LogP contribution in [0.15, 0.2) is 78.9 Å². The van der Waals surface area contributed by atoms with Crippen molar-refractivity contribution in [3.8, 4) is 17.2 Å². The van der Waals surface area contributed by atoms with Crippen LogP contribution < -0.4 is 14.2 Å². The Morgan fingerprint density at radius 3 is 2.29 bits per heavy atom. The number of hydrogen-bond donors (Lipinski definition) is 1. The third-order valence-corrected chi connectivity index (χ3v) is 7.57. The van der Waals surface area contributed by atoms with Gasteiger partial charge in [-0.05, 0) is 52.8 Å². The fourth-order valence-corrected chi connectivity index (χ4v) is 5.46. The lowest BCUT2D eigenvalue weighted by molar-refractivity contribution is 0.0247. The molecule has 0 radical (unpaired) electrons. The molecule has 0 aromatic heterocycles. The van der Waals surface area contributed by atoms with Crippen molar-refractivity contribution in [2.24, 2.45) is 0 Å². The summed E-state index contributed by atoms with van der Waals surface area (Å²) in [6.45, 7) is 2.51. The molecule has 1 atom stereocenters. The Kier molecular flexibility index (Phi) is 9.59. The van der Waals surface area contributed by atoms with E-state index in [1.807, 2.05) is 42.5 Å². The molecule has 220 valence electrons. The average Bonchev–Trinajstić information content (AvgIpc) is 3.05. The van der Waals surface area contributed by atoms with Crippen LogP contribution in [0.3, 0.4) is 0 Å². The predicted molar refractivity (Wildman–Crippen MR) is 159 cm³/mol. The molecule has 0 amide bonds. The molecule has 0 saturated carbocycles. The van der Waals surface area contributed by atoms with E-state index in [9.17, 15) is 4.79 Å². The number of benzene rings is 4. The fraction of sp³-hybridized carbons (Fsp3) is 0.324. The molecule has 1 aliphatic heterocycles. The van der Waals surface area contributed by atoms with E-state index in [1.165, 1.54) is 7.11 Å². The summed E-state index contributed by atoms with van der Waals surface area (Å²) in [4.78, 5) is 12.5. The minimum absolute atomic E-state index is 0.00768. The number of carbonyl (C=O) groups excluding carboxylic acids is 1. The monoisotopic (exact) mass is 572 g/mol. The molecule has 4 aromatic rings. The molecule has 8 nitrogen and oxygen atoms in total. The van der Waals surface area contributed by atoms with Crippen LogP contribution in [0.1, 0.15) is 27.0 Å². The van der Waals surface area contributed by atoms with Crippen LogP contribution in [-0.4, -0.2) is 71.5 Å². The van der Waals surface area contributed by atoms with Crippen LogP contribution in [0.4, 0.5) is 0 Å². The van der Waals surface area contributed by atoms with Crippen molar-refractivity contribution in [1.29, 1.82) is 0 Å². The summed E-state index contributed by atoms with van der Waals surface area (Å²) in [5.74, 6) is 1.54. The highest BCUT2D eigenvalue weighted by atomic mass is 16.5. The van der Waals surface area contributed by atoms with Crippen molar-refractivity contribution in [1.82, 2.24) is 0 Å². The lowest BCUT2D eigenvalue weighted by Gasteiger charge is -2.39. The zero-order chi connectivity index (χ0) is 29.4. The van der Waals surface area contributed by atoms with Crippen LogP contribution >= 0.6 is 0 Å². The number of fused-ring (bicyclic) bond motifs is 3. The van der Waals surface area contributed by atoms with Gasteiger partial charge in [0.15, 0.2) is 0 Å². The highest BCUT2D eigenvalue weighted by Crippen LogP contribution is 2.45. The van der Waals surface area contributed by atoms with E-state index >= 15 is 0 Å². The molecule has 5 rings (SSSR count). The van der Waals surface area contributed by atoms with Gasteiger partial charge < -0.3 is 33.5 Å². The lowest BCUT2D eigenvalue weighted by atomic mass is 9.69. The summed E-state index contributed by atoms with van der Waals surface area (Å²) in [7, 11) is 2.90. The van der Waals surface area contributed by atoms with Gasteiger partial charge in [-0.3, -0.25) is 0 Å². The smallest absolute Gasteiger partial charge is 0.341 e. The Morgan fingerprint density at radius 1 is 0.857 bits per heavy atom. The van der Waals surface area contributed by atoms with E-state index in [0.29, 0.717) is 57.4 Å². The first-order chi connectivity index (χ1) is 20.6. The molecule has 1 heterocycles. The molecule has 0 fully saturated rings. The topological polar surface area (TPSA) is 92.7 Å². The van der Waals surface area contributed by atoms with Crippen LogP contribution in [0.2, 0.25) is 0 Å². The molecule has 0 bridgehead atoms. The summed E-state index contributed by atoms with van der Waals surface area (Å²) in [5.41, 5.74) is 3.27. The molecule has 8 heteroatoms. The standard InChI is InChI=1S/C34H36O8/c1-37-31-20-24-8-9-25-22-34(26-6-4-3-5-7-26,23-42-32(25)29(24)21-30(31)33(36)38-2)27-10-12-28(13-11-27)41-19-18-40-17-16-39-15-14-35/h3-13,20-21,35H,14-19,22-23H2,1-2H3. The zero-order valence-corrected chi connectivity index (χ0v) is 24.0. The van der Waals surface area contributed by atoms with Crippen LogP contribution in [-0.2, 0) is 26.0 Å². The summed E-state index contributed by atoms with van der Waals surface area (Å²) < 4.78 is 33.6. The molecule has 0 aliphatic carbocycles. The molecule has 1 unspecified atom stereocenters. The van der Waals surface area contributed by atoms with Crippen molar-refractivity contribution in [2.45, 2.75) is 11.8 Å². The second kappa shape index (κ2) is 13.7. The second-order valence-electron chi connectivity index (χ2n) is 10.1. The molecule has 1 aliphatic rings. The largest absolute Gasteiger partial charge is 0.496 e. The van der Waals surface area contributed by atoms with Crippen molar-refractivity contribution in [2.75, 3.05) is 60.5 Å². The van der Waals surface area contributed by atoms with Gasteiger partial charge in [0, 0.05) is 5.39 Å². The molecule has 0 spiro atoms. The Balaban J connectivity index is 1.39. The number of ether oxygens (including phenoxy) is 6. The van der Waals surface area contributed by atoms with Crippen molar-refractivity contribution in [3.05, 3.63) is 101 Å². The first kappa shape index (κ1) is 29.4. The number of esters is 1. The maximum absolute atomic E-state index is 12.5. The third-order valence-electron chi connectivity index (χ3n) is 7.57. The van der Waals surface area contributed by atoms with Gasteiger partial charge in [-0.1, -0.05) is 54.6 Å². The number of methoxy groups -OCH3 is 2. The average molecular weight is 573 g/mol. The minimum Gasteiger partial charge on any atom is -0.496 e. The van der Waals surface area contributed by atoms with Gasteiger partial charge in [0.1, 0.15) is 36.0 Å². The van der Waals surface area contributed by atoms with E-state index < -0.39 is 11.4 Å². The summed E-state index contributed by atoms with van der Waals surface area (Å²) in [5, 5.41) is 10.5. The fourth-order valence-electron chi connectivity index (χ4n) is 5.46. The molecule has 0 saturated heterocycles. The van der Waals surface area contributed by atoms with Gasteiger partial charge in [-0.2, -0.15) is 0 Å². The highest BCUT2D eigenvalue weighted by Gasteiger charge is 2.40. The minimum atomic E-state index is -0.457. The molecule has 1 N–H and O–H groups in total. The Labute approximate surface area is 245 Å². The van der Waals surface area contributed by atoms with Crippen molar-refractivity contribution >= 4 is 16.7 Å². The van der Waals surface area contributed by atoms with Gasteiger partial charge >= 0.3 is 5.97 Å². The molecular weight excluding hydrogens is 536 g/mol. The van der Waals surface area contributed by atoms with E-state index in [4.69, 9.17) is 33.5 Å². The second-order valence-corrected chi connectivity index (χ2v) is 10.1. The van der Waals surface area contributed by atoms with Crippen molar-refractivity contribution in [3.63, 3.8) is 0 Å². The Bertz CT molecular complexity index is 1490. The van der Waals surface area contributed by atoms with Crippen molar-refractivity contribution < 1.29 is 38.3 Å². The van der Waals surface area contributed by atoms with E-state index in [0.717, 1.165) is 39.0 Å². The van der Waals surface area contributed by atoms with Gasteiger partial charge in [0.2, 0.25) is 0 Å². The Hall–Kier alpha value is -4.11. The number of rotatable bonds is 13. The van der Waals surface area contributed by atoms with Gasteiger partial charge in [0.25, 0.3) is 0 Å². The number of carbonyl (C=O) groups is 1. The quantitative estimate of drug-likeness (QED) is 0.178. The molecular formula is C34H36O8. The molecule has 4 aromatic carbocycles. The van der Waals surface area contributed by atoms with E-state index in [-0.39, 0.29) is 6.61 Å². The maximum atomic E-state index is 12.5. The number of aliphatic hydroxyl groups excluding tert-OH is 1. The number of aliphatic hydroxyl groups is 1. The van der Waals surface area contributed by atoms with E-state index in [1.54, 1.807) is 13.2 Å². The zero-order valence-electron chi connectivity index (χ0n) is 24.0.